The van der Waals surface area contributed by atoms with Crippen molar-refractivity contribution in [2.45, 2.75) is 45.8 Å². The third kappa shape index (κ3) is 4.00. The van der Waals surface area contributed by atoms with Gasteiger partial charge in [0.1, 0.15) is 0 Å². The average molecular weight is 246 g/mol. The van der Waals surface area contributed by atoms with Gasteiger partial charge in [0.25, 0.3) is 0 Å². The van der Waals surface area contributed by atoms with Crippen LogP contribution in [0, 0.1) is 0 Å². The first-order chi connectivity index (χ1) is 8.26. The molecule has 0 spiro atoms. The normalized spacial score (nSPS) is 13.0. The lowest BCUT2D eigenvalue weighted by atomic mass is 9.82. The van der Waals surface area contributed by atoms with Crippen LogP contribution in [0.2, 0.25) is 0 Å². The van der Waals surface area contributed by atoms with Crippen LogP contribution in [0.15, 0.2) is 30.3 Å². The molecule has 1 rings (SSSR count). The highest BCUT2D eigenvalue weighted by Crippen LogP contribution is 2.24. The van der Waals surface area contributed by atoms with E-state index in [2.05, 4.69) is 18.2 Å². The predicted molar refractivity (Wildman–Crippen MR) is 79.4 cm³/mol. The molecule has 0 saturated carbocycles. The summed E-state index contributed by atoms with van der Waals surface area (Å²) >= 11 is 0. The van der Waals surface area contributed by atoms with Gasteiger partial charge in [-0.05, 0) is 40.2 Å². The number of benzene rings is 1. The van der Waals surface area contributed by atoms with E-state index in [1.165, 1.54) is 5.56 Å². The van der Waals surface area contributed by atoms with Gasteiger partial charge >= 0.3 is 7.48 Å². The lowest BCUT2D eigenvalue weighted by Gasteiger charge is -2.37. The van der Waals surface area contributed by atoms with Crippen molar-refractivity contribution in [1.82, 2.24) is 0 Å². The molecule has 0 amide bonds. The summed E-state index contributed by atoms with van der Waals surface area (Å²) < 4.78 is 5.84. The van der Waals surface area contributed by atoms with Crippen molar-refractivity contribution >= 4 is 19.0 Å². The summed E-state index contributed by atoms with van der Waals surface area (Å²) in [6.07, 6.45) is 4.07. The molecule has 2 nitrogen and oxygen atoms in total. The number of hydrogen-bond acceptors (Lipinski definition) is 2. The summed E-state index contributed by atoms with van der Waals surface area (Å²) in [4.78, 5) is 0. The van der Waals surface area contributed by atoms with Gasteiger partial charge in [-0.1, -0.05) is 41.9 Å². The SMILES string of the molecule is C/C=C\c1cccc(BOC(C)(C)C(C)(C)O)c1. The van der Waals surface area contributed by atoms with Crippen molar-refractivity contribution in [3.8, 4) is 0 Å². The largest absolute Gasteiger partial charge is 0.427 e. The lowest BCUT2D eigenvalue weighted by Crippen LogP contribution is -2.49. The summed E-state index contributed by atoms with van der Waals surface area (Å²) in [5.41, 5.74) is 0.833. The van der Waals surface area contributed by atoms with E-state index < -0.39 is 11.2 Å². The Hall–Kier alpha value is -1.06. The van der Waals surface area contributed by atoms with E-state index in [0.29, 0.717) is 7.48 Å². The Bertz CT molecular complexity index is 417. The average Bonchev–Trinajstić information content (AvgIpc) is 2.26. The topological polar surface area (TPSA) is 29.5 Å². The first-order valence-corrected chi connectivity index (χ1v) is 6.34. The molecule has 0 radical (unpaired) electrons. The summed E-state index contributed by atoms with van der Waals surface area (Å²) in [6.45, 7) is 9.35. The first kappa shape index (κ1) is 15.0. The Morgan fingerprint density at radius 1 is 1.22 bits per heavy atom. The molecular weight excluding hydrogens is 223 g/mol. The standard InChI is InChI=1S/C15H23BO2/c1-6-8-12-9-7-10-13(11-12)16-18-15(4,5)14(2,3)17/h6-11,16-17H,1-5H3/b8-6-. The molecule has 0 aliphatic carbocycles. The highest BCUT2D eigenvalue weighted by molar-refractivity contribution is 6.47. The van der Waals surface area contributed by atoms with E-state index in [1.54, 1.807) is 13.8 Å². The molecule has 0 aliphatic heterocycles. The van der Waals surface area contributed by atoms with E-state index in [0.717, 1.165) is 5.46 Å². The van der Waals surface area contributed by atoms with Gasteiger partial charge in [-0.15, -0.1) is 0 Å². The molecule has 1 aromatic carbocycles. The van der Waals surface area contributed by atoms with Gasteiger partial charge in [0, 0.05) is 0 Å². The quantitative estimate of drug-likeness (QED) is 0.807. The zero-order chi connectivity index (χ0) is 13.8. The Balaban J connectivity index is 2.72. The Morgan fingerprint density at radius 3 is 2.44 bits per heavy atom. The summed E-state index contributed by atoms with van der Waals surface area (Å²) in [6, 6.07) is 8.21. The van der Waals surface area contributed by atoms with Gasteiger partial charge in [-0.2, -0.15) is 0 Å². The summed E-state index contributed by atoms with van der Waals surface area (Å²) in [7, 11) is 0.502. The molecule has 0 bridgehead atoms. The molecular formula is C15H23BO2. The van der Waals surface area contributed by atoms with Crippen LogP contribution < -0.4 is 5.46 Å². The van der Waals surface area contributed by atoms with Gasteiger partial charge in [0.05, 0.1) is 11.2 Å². The number of allylic oxidation sites excluding steroid dienone is 1. The van der Waals surface area contributed by atoms with Crippen LogP contribution in [0.25, 0.3) is 6.08 Å². The minimum Gasteiger partial charge on any atom is -0.427 e. The van der Waals surface area contributed by atoms with Crippen molar-refractivity contribution in [3.05, 3.63) is 35.9 Å². The first-order valence-electron chi connectivity index (χ1n) is 6.34. The zero-order valence-electron chi connectivity index (χ0n) is 12.0. The van der Waals surface area contributed by atoms with Crippen LogP contribution in [0.1, 0.15) is 40.2 Å². The molecule has 0 saturated heterocycles. The van der Waals surface area contributed by atoms with Crippen molar-refractivity contribution in [3.63, 3.8) is 0 Å². The maximum absolute atomic E-state index is 10.0. The predicted octanol–water partition coefficient (Wildman–Crippen LogP) is 2.26. The molecule has 0 aromatic heterocycles. The fourth-order valence-electron chi connectivity index (χ4n) is 1.42. The third-order valence-corrected chi connectivity index (χ3v) is 3.38. The second-order valence-electron chi connectivity index (χ2n) is 5.60. The molecule has 0 heterocycles. The fourth-order valence-corrected chi connectivity index (χ4v) is 1.42. The van der Waals surface area contributed by atoms with Crippen molar-refractivity contribution < 1.29 is 9.76 Å². The second kappa shape index (κ2) is 5.72. The van der Waals surface area contributed by atoms with Crippen LogP contribution in [0.4, 0.5) is 0 Å². The monoisotopic (exact) mass is 246 g/mol. The molecule has 1 N–H and O–H groups in total. The highest BCUT2D eigenvalue weighted by Gasteiger charge is 2.35. The maximum Gasteiger partial charge on any atom is 0.309 e. The van der Waals surface area contributed by atoms with E-state index in [1.807, 2.05) is 39.0 Å². The minimum absolute atomic E-state index is 0.502. The minimum atomic E-state index is -0.867. The molecule has 0 aliphatic rings. The molecule has 0 unspecified atom stereocenters. The van der Waals surface area contributed by atoms with E-state index in [4.69, 9.17) is 4.65 Å². The van der Waals surface area contributed by atoms with Crippen LogP contribution in [0.3, 0.4) is 0 Å². The van der Waals surface area contributed by atoms with Crippen LogP contribution >= 0.6 is 0 Å². The van der Waals surface area contributed by atoms with Crippen molar-refractivity contribution in [2.24, 2.45) is 0 Å². The van der Waals surface area contributed by atoms with E-state index in [9.17, 15) is 5.11 Å². The smallest absolute Gasteiger partial charge is 0.309 e. The van der Waals surface area contributed by atoms with E-state index >= 15 is 0 Å². The van der Waals surface area contributed by atoms with Gasteiger partial charge in [-0.25, -0.2) is 0 Å². The van der Waals surface area contributed by atoms with E-state index in [-0.39, 0.29) is 0 Å². The summed E-state index contributed by atoms with van der Waals surface area (Å²) in [5, 5.41) is 10.0. The number of aliphatic hydroxyl groups is 1. The highest BCUT2D eigenvalue weighted by atomic mass is 16.5. The maximum atomic E-state index is 10.0. The Labute approximate surface area is 111 Å². The van der Waals surface area contributed by atoms with Gasteiger partial charge in [0.15, 0.2) is 0 Å². The second-order valence-corrected chi connectivity index (χ2v) is 5.60. The Morgan fingerprint density at radius 2 is 1.89 bits per heavy atom. The lowest BCUT2D eigenvalue weighted by molar-refractivity contribution is -0.0893. The number of hydrogen-bond donors (Lipinski definition) is 1. The Kier molecular flexibility index (Phi) is 4.77. The third-order valence-electron chi connectivity index (χ3n) is 3.38. The molecule has 98 valence electrons. The van der Waals surface area contributed by atoms with Gasteiger partial charge in [0.2, 0.25) is 0 Å². The van der Waals surface area contributed by atoms with Crippen LogP contribution in [0.5, 0.6) is 0 Å². The fraction of sp³-hybridized carbons (Fsp3) is 0.467. The van der Waals surface area contributed by atoms with Crippen molar-refractivity contribution in [1.29, 1.82) is 0 Å². The van der Waals surface area contributed by atoms with Gasteiger partial charge in [-0.3, -0.25) is 0 Å². The number of rotatable bonds is 5. The molecule has 0 atom stereocenters. The van der Waals surface area contributed by atoms with Crippen molar-refractivity contribution in [2.75, 3.05) is 0 Å². The van der Waals surface area contributed by atoms with Gasteiger partial charge < -0.3 is 9.76 Å². The zero-order valence-corrected chi connectivity index (χ0v) is 12.0. The molecule has 3 heteroatoms. The molecule has 1 aromatic rings. The molecule has 18 heavy (non-hydrogen) atoms. The van der Waals surface area contributed by atoms with Crippen LogP contribution in [-0.2, 0) is 4.65 Å². The van der Waals surface area contributed by atoms with Crippen LogP contribution in [-0.4, -0.2) is 23.8 Å². The summed E-state index contributed by atoms with van der Waals surface area (Å²) in [5.74, 6) is 0. The molecule has 0 fully saturated rings.